The van der Waals surface area contributed by atoms with E-state index < -0.39 is 0 Å². The number of hydrogen-bond donors (Lipinski definition) is 2. The highest BCUT2D eigenvalue weighted by Gasteiger charge is 2.19. The van der Waals surface area contributed by atoms with Crippen LogP contribution in [-0.2, 0) is 0 Å². The van der Waals surface area contributed by atoms with Gasteiger partial charge in [-0.15, -0.1) is 0 Å². The average Bonchev–Trinajstić information content (AvgIpc) is 2.86. The molecule has 1 aromatic heterocycles. The van der Waals surface area contributed by atoms with E-state index in [0.29, 0.717) is 50.5 Å². The van der Waals surface area contributed by atoms with E-state index in [1.54, 1.807) is 24.3 Å². The van der Waals surface area contributed by atoms with Crippen molar-refractivity contribution in [1.82, 2.24) is 14.8 Å². The number of aromatic nitrogens is 1. The maximum Gasteiger partial charge on any atom is 0.196 e. The van der Waals surface area contributed by atoms with E-state index in [2.05, 4.69) is 27.1 Å². The number of piperazine rings is 1. The quantitative estimate of drug-likeness (QED) is 0.308. The van der Waals surface area contributed by atoms with Crippen molar-refractivity contribution in [3.8, 4) is 0 Å². The summed E-state index contributed by atoms with van der Waals surface area (Å²) in [5, 5.41) is 5.12. The van der Waals surface area contributed by atoms with Gasteiger partial charge >= 0.3 is 0 Å². The molecule has 1 aliphatic heterocycles. The molecule has 0 aliphatic carbocycles. The van der Waals surface area contributed by atoms with Crippen LogP contribution in [0.15, 0.2) is 62.5 Å². The fourth-order valence-electron chi connectivity index (χ4n) is 5.10. The normalized spacial score (nSPS) is 15.5. The van der Waals surface area contributed by atoms with Crippen molar-refractivity contribution in [2.24, 2.45) is 0 Å². The zero-order valence-corrected chi connectivity index (χ0v) is 20.0. The Labute approximate surface area is 201 Å². The molecule has 2 N–H and O–H groups in total. The van der Waals surface area contributed by atoms with Gasteiger partial charge in [-0.25, -0.2) is 0 Å². The van der Waals surface area contributed by atoms with Crippen molar-refractivity contribution in [1.29, 1.82) is 0 Å². The number of likely N-dealkylation sites (N-methyl/N-ethyl adjacent to an activating group) is 1. The van der Waals surface area contributed by atoms with Crippen LogP contribution in [0.1, 0.15) is 5.56 Å². The van der Waals surface area contributed by atoms with E-state index in [-0.39, 0.29) is 10.9 Å². The van der Waals surface area contributed by atoms with E-state index in [9.17, 15) is 9.59 Å². The van der Waals surface area contributed by atoms with Crippen LogP contribution in [0, 0.1) is 6.92 Å². The molecule has 4 aromatic carbocycles. The number of rotatable bonds is 4. The van der Waals surface area contributed by atoms with Crippen molar-refractivity contribution in [3.05, 3.63) is 74.5 Å². The first-order valence-corrected chi connectivity index (χ1v) is 12.1. The molecular weight excluding hydrogens is 440 g/mol. The SMILES string of the molecule is Cc1ccc2[nH]c3c(cc(NCCN4CCN(C)CC4)c4c(=O)c5ccccc5c(=O)c43)oc2c1. The van der Waals surface area contributed by atoms with E-state index in [4.69, 9.17) is 4.42 Å². The second kappa shape index (κ2) is 8.52. The van der Waals surface area contributed by atoms with Crippen LogP contribution in [0.25, 0.3) is 43.7 Å². The summed E-state index contributed by atoms with van der Waals surface area (Å²) in [7, 11) is 2.14. The minimum Gasteiger partial charge on any atom is -0.453 e. The zero-order valence-electron chi connectivity index (χ0n) is 20.0. The van der Waals surface area contributed by atoms with Crippen LogP contribution >= 0.6 is 0 Å². The molecule has 178 valence electrons. The number of nitrogens with one attached hydrogen (secondary N) is 2. The molecule has 7 nitrogen and oxygen atoms in total. The lowest BCUT2D eigenvalue weighted by atomic mass is 9.99. The molecule has 35 heavy (non-hydrogen) atoms. The molecule has 0 saturated carbocycles. The first-order valence-electron chi connectivity index (χ1n) is 12.1. The Morgan fingerprint density at radius 1 is 0.914 bits per heavy atom. The Morgan fingerprint density at radius 2 is 1.63 bits per heavy atom. The summed E-state index contributed by atoms with van der Waals surface area (Å²) < 4.78 is 6.26. The number of anilines is 1. The molecular formula is C28H28N4O3. The Hall–Kier alpha value is -3.68. The third kappa shape index (κ3) is 3.77. The molecule has 7 heteroatoms. The first-order chi connectivity index (χ1) is 17.0. The van der Waals surface area contributed by atoms with Gasteiger partial charge in [-0.05, 0) is 31.7 Å². The molecule has 1 fully saturated rings. The number of aromatic amines is 1. The standard InChI is InChI=1S/C28H28N4O3/c1-17-7-8-20-22(15-17)35-23-16-21(29-9-10-32-13-11-31(2)12-14-32)24-25(26(23)30-20)28(34)19-6-4-3-5-18(19)27(24)33/h3-8,15-16,29-30H,9-14H2,1-2H3. The minimum atomic E-state index is -0.166. The third-order valence-corrected chi connectivity index (χ3v) is 7.12. The Bertz CT molecular complexity index is 1710. The highest BCUT2D eigenvalue weighted by atomic mass is 16.3. The van der Waals surface area contributed by atoms with Gasteiger partial charge in [0.15, 0.2) is 22.0 Å². The summed E-state index contributed by atoms with van der Waals surface area (Å²) in [6, 6.07) is 14.8. The van der Waals surface area contributed by atoms with Gasteiger partial charge in [0.25, 0.3) is 0 Å². The summed E-state index contributed by atoms with van der Waals surface area (Å²) in [5.74, 6) is 0. The summed E-state index contributed by atoms with van der Waals surface area (Å²) >= 11 is 0. The molecule has 6 rings (SSSR count). The van der Waals surface area contributed by atoms with Crippen molar-refractivity contribution in [3.63, 3.8) is 0 Å². The molecule has 0 unspecified atom stereocenters. The summed E-state index contributed by atoms with van der Waals surface area (Å²) in [5.41, 5.74) is 3.99. The second-order valence-electron chi connectivity index (χ2n) is 9.55. The fourth-order valence-corrected chi connectivity index (χ4v) is 5.10. The summed E-state index contributed by atoms with van der Waals surface area (Å²) in [6.07, 6.45) is 0. The van der Waals surface area contributed by atoms with Crippen molar-refractivity contribution in [2.75, 3.05) is 51.6 Å². The molecule has 2 heterocycles. The van der Waals surface area contributed by atoms with Gasteiger partial charge < -0.3 is 19.6 Å². The highest BCUT2D eigenvalue weighted by Crippen LogP contribution is 2.31. The zero-order chi connectivity index (χ0) is 24.1. The van der Waals surface area contributed by atoms with Crippen molar-refractivity contribution in [2.45, 2.75) is 6.92 Å². The number of hydrogen-bond acceptors (Lipinski definition) is 6. The highest BCUT2D eigenvalue weighted by molar-refractivity contribution is 6.14. The smallest absolute Gasteiger partial charge is 0.196 e. The van der Waals surface area contributed by atoms with Gasteiger partial charge in [0.1, 0.15) is 0 Å². The van der Waals surface area contributed by atoms with Crippen molar-refractivity contribution >= 4 is 49.4 Å². The minimum absolute atomic E-state index is 0.142. The summed E-state index contributed by atoms with van der Waals surface area (Å²) in [4.78, 5) is 35.5. The van der Waals surface area contributed by atoms with Gasteiger partial charge in [-0.3, -0.25) is 14.5 Å². The first kappa shape index (κ1) is 21.8. The monoisotopic (exact) mass is 468 g/mol. The number of benzene rings is 4. The number of nitrogens with zero attached hydrogens (tertiary/aromatic N) is 2. The molecule has 0 amide bonds. The predicted molar refractivity (Wildman–Crippen MR) is 143 cm³/mol. The lowest BCUT2D eigenvalue weighted by molar-refractivity contribution is 0.158. The number of fused-ring (bicyclic) bond motifs is 5. The predicted octanol–water partition coefficient (Wildman–Crippen LogP) is 3.91. The second-order valence-corrected chi connectivity index (χ2v) is 9.55. The van der Waals surface area contributed by atoms with E-state index in [1.807, 2.05) is 31.2 Å². The number of aryl methyl sites for hydroxylation is 1. The lowest BCUT2D eigenvalue weighted by Crippen LogP contribution is -2.45. The van der Waals surface area contributed by atoms with Crippen LogP contribution in [0.2, 0.25) is 0 Å². The van der Waals surface area contributed by atoms with E-state index in [0.717, 1.165) is 43.8 Å². The van der Waals surface area contributed by atoms with Gasteiger partial charge in [0.2, 0.25) is 0 Å². The van der Waals surface area contributed by atoms with E-state index in [1.165, 1.54) is 0 Å². The van der Waals surface area contributed by atoms with Crippen LogP contribution in [-0.4, -0.2) is 61.1 Å². The average molecular weight is 469 g/mol. The Balaban J connectivity index is 1.55. The topological polar surface area (TPSA) is 81.6 Å². The van der Waals surface area contributed by atoms with E-state index >= 15 is 0 Å². The van der Waals surface area contributed by atoms with Gasteiger partial charge in [0, 0.05) is 56.1 Å². The molecule has 1 aliphatic rings. The Kier molecular flexibility index (Phi) is 5.31. The number of H-pyrrole nitrogens is 1. The maximum atomic E-state index is 13.7. The Morgan fingerprint density at radius 3 is 2.37 bits per heavy atom. The van der Waals surface area contributed by atoms with Crippen LogP contribution < -0.4 is 16.2 Å². The lowest BCUT2D eigenvalue weighted by Gasteiger charge is -2.32. The van der Waals surface area contributed by atoms with Crippen LogP contribution in [0.3, 0.4) is 0 Å². The molecule has 1 saturated heterocycles. The summed E-state index contributed by atoms with van der Waals surface area (Å²) in [6.45, 7) is 7.69. The third-order valence-electron chi connectivity index (χ3n) is 7.12. The van der Waals surface area contributed by atoms with Crippen molar-refractivity contribution < 1.29 is 4.42 Å². The van der Waals surface area contributed by atoms with Crippen LogP contribution in [0.5, 0.6) is 0 Å². The van der Waals surface area contributed by atoms with Gasteiger partial charge in [-0.1, -0.05) is 30.3 Å². The molecule has 0 spiro atoms. The molecule has 0 atom stereocenters. The largest absolute Gasteiger partial charge is 0.453 e. The maximum absolute atomic E-state index is 13.7. The molecule has 0 bridgehead atoms. The molecule has 0 radical (unpaired) electrons. The van der Waals surface area contributed by atoms with Gasteiger partial charge in [-0.2, -0.15) is 0 Å². The fraction of sp³-hybridized carbons (Fsp3) is 0.286. The molecule has 5 aromatic rings. The van der Waals surface area contributed by atoms with Gasteiger partial charge in [0.05, 0.1) is 27.5 Å². The van der Waals surface area contributed by atoms with Crippen LogP contribution in [0.4, 0.5) is 5.69 Å².